The van der Waals surface area contributed by atoms with E-state index in [9.17, 15) is 29.7 Å². The van der Waals surface area contributed by atoms with Crippen molar-refractivity contribution in [1.29, 1.82) is 0 Å². The molecule has 6 N–H and O–H groups in total. The monoisotopic (exact) mass is 593 g/mol. The molecule has 1 aromatic heterocycles. The number of phenolic OH excluding ortho intramolecular Hbond substituents is 1. The molecule has 10 nitrogen and oxygen atoms in total. The van der Waals surface area contributed by atoms with E-state index in [4.69, 9.17) is 16.6 Å². The van der Waals surface area contributed by atoms with Crippen LogP contribution in [0.3, 0.4) is 0 Å². The van der Waals surface area contributed by atoms with Crippen LogP contribution in [0.15, 0.2) is 94.3 Å². The Morgan fingerprint density at radius 3 is 2.51 bits per heavy atom. The van der Waals surface area contributed by atoms with Crippen LogP contribution in [0.4, 0.5) is 5.69 Å². The maximum absolute atomic E-state index is 12.5. The molecule has 0 fully saturated rings. The summed E-state index contributed by atoms with van der Waals surface area (Å²) in [5.74, 6) is -2.14. The van der Waals surface area contributed by atoms with Crippen molar-refractivity contribution >= 4 is 56.8 Å². The lowest BCUT2D eigenvalue weighted by Gasteiger charge is -2.19. The van der Waals surface area contributed by atoms with Gasteiger partial charge >= 0.3 is 11.9 Å². The van der Waals surface area contributed by atoms with Crippen LogP contribution in [0.2, 0.25) is 0 Å². The van der Waals surface area contributed by atoms with Gasteiger partial charge < -0.3 is 35.4 Å². The molecule has 43 heavy (non-hydrogen) atoms. The van der Waals surface area contributed by atoms with E-state index in [0.29, 0.717) is 27.8 Å². The van der Waals surface area contributed by atoms with Crippen molar-refractivity contribution in [3.8, 4) is 28.2 Å². The van der Waals surface area contributed by atoms with Crippen molar-refractivity contribution in [2.75, 3.05) is 5.32 Å². The van der Waals surface area contributed by atoms with E-state index in [1.54, 1.807) is 30.5 Å². The van der Waals surface area contributed by atoms with Crippen LogP contribution < -0.4 is 16.1 Å². The van der Waals surface area contributed by atoms with Gasteiger partial charge in [-0.3, -0.25) is 4.79 Å². The SMILES string of the molecule is O=C(O)c1cc(NC(=S)N[C@@H](Cc2c[nH]c3ccccc23)C(=O)O)ccc1-c1c2ccc(=O)cc-2oc2cc(O)ccc12. The second kappa shape index (κ2) is 11.0. The minimum atomic E-state index is -1.22. The minimum absolute atomic E-state index is 0.00388. The van der Waals surface area contributed by atoms with E-state index in [2.05, 4.69) is 15.6 Å². The summed E-state index contributed by atoms with van der Waals surface area (Å²) in [6.07, 6.45) is 1.92. The Labute approximate surface area is 248 Å². The number of carboxylic acid groups (broad SMARTS) is 2. The van der Waals surface area contributed by atoms with Gasteiger partial charge in [-0.2, -0.15) is 0 Å². The molecule has 1 atom stereocenters. The van der Waals surface area contributed by atoms with Crippen LogP contribution in [0, 0.1) is 0 Å². The lowest BCUT2D eigenvalue weighted by molar-refractivity contribution is -0.139. The van der Waals surface area contributed by atoms with Crippen LogP contribution in [0.25, 0.3) is 44.3 Å². The highest BCUT2D eigenvalue weighted by atomic mass is 32.1. The predicted octanol–water partition coefficient (Wildman–Crippen LogP) is 5.43. The Kier molecular flexibility index (Phi) is 7.00. The number of aromatic amines is 1. The van der Waals surface area contributed by atoms with Crippen LogP contribution in [0.1, 0.15) is 15.9 Å². The third-order valence-electron chi connectivity index (χ3n) is 7.16. The highest BCUT2D eigenvalue weighted by molar-refractivity contribution is 7.80. The number of thiocarbonyl (C=S) groups is 1. The Morgan fingerprint density at radius 2 is 1.72 bits per heavy atom. The normalized spacial score (nSPS) is 11.9. The molecule has 4 aromatic rings. The number of aliphatic carboxylic acids is 1. The Balaban J connectivity index is 1.33. The highest BCUT2D eigenvalue weighted by Gasteiger charge is 2.24. The first kappa shape index (κ1) is 27.5. The van der Waals surface area contributed by atoms with E-state index >= 15 is 0 Å². The summed E-state index contributed by atoms with van der Waals surface area (Å²) in [4.78, 5) is 39.7. The van der Waals surface area contributed by atoms with Gasteiger partial charge in [-0.1, -0.05) is 24.3 Å². The Hall–Kier alpha value is -5.68. The van der Waals surface area contributed by atoms with E-state index in [1.165, 1.54) is 30.3 Å². The number of hydrogen-bond donors (Lipinski definition) is 6. The average molecular weight is 594 g/mol. The summed E-state index contributed by atoms with van der Waals surface area (Å²) in [6.45, 7) is 0. The van der Waals surface area contributed by atoms with Crippen molar-refractivity contribution in [1.82, 2.24) is 10.3 Å². The minimum Gasteiger partial charge on any atom is -0.508 e. The van der Waals surface area contributed by atoms with E-state index in [0.717, 1.165) is 16.5 Å². The fraction of sp³-hybridized carbons (Fsp3) is 0.0625. The molecule has 0 radical (unpaired) electrons. The number of aromatic nitrogens is 1. The Morgan fingerprint density at radius 1 is 0.930 bits per heavy atom. The molecular weight excluding hydrogens is 570 g/mol. The van der Waals surface area contributed by atoms with Crippen molar-refractivity contribution < 1.29 is 29.3 Å². The molecule has 0 spiro atoms. The molecule has 11 heteroatoms. The summed E-state index contributed by atoms with van der Waals surface area (Å²) in [5, 5.41) is 37.2. The number of phenols is 1. The summed E-state index contributed by atoms with van der Waals surface area (Å²) >= 11 is 5.40. The van der Waals surface area contributed by atoms with Gasteiger partial charge in [0, 0.05) is 57.9 Å². The molecule has 2 heterocycles. The molecule has 1 aliphatic carbocycles. The van der Waals surface area contributed by atoms with Gasteiger partial charge in [0.05, 0.1) is 5.56 Å². The topological polar surface area (TPSA) is 165 Å². The zero-order chi connectivity index (χ0) is 30.2. The smallest absolute Gasteiger partial charge is 0.336 e. The maximum Gasteiger partial charge on any atom is 0.336 e. The number of anilines is 1. The second-order valence-electron chi connectivity index (χ2n) is 9.93. The molecule has 3 aromatic carbocycles. The predicted molar refractivity (Wildman–Crippen MR) is 166 cm³/mol. The summed E-state index contributed by atoms with van der Waals surface area (Å²) < 4.78 is 5.87. The number of carboxylic acids is 2. The van der Waals surface area contributed by atoms with Crippen molar-refractivity contribution in [3.05, 3.63) is 106 Å². The molecule has 0 unspecified atom stereocenters. The van der Waals surface area contributed by atoms with E-state index in [1.807, 2.05) is 24.3 Å². The molecule has 2 aliphatic rings. The number of hydrogen-bond acceptors (Lipinski definition) is 6. The summed E-state index contributed by atoms with van der Waals surface area (Å²) in [7, 11) is 0. The van der Waals surface area contributed by atoms with Gasteiger partial charge in [0.15, 0.2) is 10.5 Å². The number of fused-ring (bicyclic) bond motifs is 3. The van der Waals surface area contributed by atoms with E-state index in [-0.39, 0.29) is 39.6 Å². The number of aromatic carboxylic acids is 1. The van der Waals surface area contributed by atoms with Gasteiger partial charge in [0.25, 0.3) is 0 Å². The van der Waals surface area contributed by atoms with Gasteiger partial charge in [-0.05, 0) is 65.8 Å². The summed E-state index contributed by atoms with van der Waals surface area (Å²) in [6, 6.07) is 19.8. The fourth-order valence-electron chi connectivity index (χ4n) is 5.21. The lowest BCUT2D eigenvalue weighted by Crippen LogP contribution is -2.44. The zero-order valence-corrected chi connectivity index (χ0v) is 23.1. The van der Waals surface area contributed by atoms with E-state index < -0.39 is 18.0 Å². The quantitative estimate of drug-likeness (QED) is 0.104. The number of H-pyrrole nitrogens is 1. The molecule has 214 valence electrons. The summed E-state index contributed by atoms with van der Waals surface area (Å²) in [5.41, 5.74) is 3.29. The highest BCUT2D eigenvalue weighted by Crippen LogP contribution is 2.42. The number of nitrogens with one attached hydrogen (secondary N) is 3. The van der Waals surface area contributed by atoms with Crippen LogP contribution in [-0.2, 0) is 11.2 Å². The Bertz CT molecular complexity index is 2100. The first-order valence-corrected chi connectivity index (χ1v) is 13.5. The molecule has 0 amide bonds. The van der Waals surface area contributed by atoms with Crippen molar-refractivity contribution in [2.45, 2.75) is 12.5 Å². The third kappa shape index (κ3) is 5.36. The molecule has 0 saturated carbocycles. The standard InChI is InChI=1S/C32H23N3O7S/c36-18-6-9-22-27(13-18)42-28-14-19(37)7-10-23(28)29(22)21-8-5-17(12-24(21)30(38)39)34-32(43)35-26(31(40)41)11-16-15-33-25-4-2-1-3-20(16)25/h1-10,12-15,26,33,36H,11H2,(H,38,39)(H,40,41)(H2,34,35,43)/t26-/m0/s1. The molecule has 0 bridgehead atoms. The fourth-order valence-corrected chi connectivity index (χ4v) is 5.47. The number of carbonyl (C=O) groups is 2. The van der Waals surface area contributed by atoms with Gasteiger partial charge in [0.2, 0.25) is 0 Å². The lowest BCUT2D eigenvalue weighted by atomic mass is 9.90. The van der Waals surface area contributed by atoms with Gasteiger partial charge in [-0.25, -0.2) is 9.59 Å². The zero-order valence-electron chi connectivity index (χ0n) is 22.3. The van der Waals surface area contributed by atoms with Crippen LogP contribution >= 0.6 is 12.2 Å². The van der Waals surface area contributed by atoms with Crippen molar-refractivity contribution in [3.63, 3.8) is 0 Å². The number of para-hydroxylation sites is 1. The van der Waals surface area contributed by atoms with Crippen LogP contribution in [-0.4, -0.2) is 43.4 Å². The molecule has 6 rings (SSSR count). The number of rotatable bonds is 7. The third-order valence-corrected chi connectivity index (χ3v) is 7.38. The largest absolute Gasteiger partial charge is 0.508 e. The van der Waals surface area contributed by atoms with Crippen molar-refractivity contribution in [2.24, 2.45) is 0 Å². The first-order valence-electron chi connectivity index (χ1n) is 13.1. The van der Waals surface area contributed by atoms with Gasteiger partial charge in [0.1, 0.15) is 23.1 Å². The molecule has 0 saturated heterocycles. The maximum atomic E-state index is 12.5. The average Bonchev–Trinajstić information content (AvgIpc) is 3.38. The first-order chi connectivity index (χ1) is 20.7. The molecule has 1 aliphatic heterocycles. The van der Waals surface area contributed by atoms with Crippen LogP contribution in [0.5, 0.6) is 5.75 Å². The van der Waals surface area contributed by atoms with Gasteiger partial charge in [-0.15, -0.1) is 0 Å². The molecular formula is C32H23N3O7S. The second-order valence-corrected chi connectivity index (χ2v) is 10.3. The number of aromatic hydroxyl groups is 1. The number of benzene rings is 4.